The topological polar surface area (TPSA) is 41.1 Å². The molecular weight excluding hydrogens is 296 g/mol. The number of fused-ring (bicyclic) bond motifs is 1. The van der Waals surface area contributed by atoms with E-state index in [0.29, 0.717) is 5.56 Å². The highest BCUT2D eigenvalue weighted by Gasteiger charge is 2.15. The molecule has 3 nitrogen and oxygen atoms in total. The molecule has 1 unspecified atom stereocenters. The Labute approximate surface area is 142 Å². The van der Waals surface area contributed by atoms with E-state index in [1.165, 1.54) is 10.8 Å². The lowest BCUT2D eigenvalue weighted by Gasteiger charge is -2.18. The molecule has 0 saturated carbocycles. The Balaban J connectivity index is 1.89. The van der Waals surface area contributed by atoms with Gasteiger partial charge in [0.25, 0.3) is 5.91 Å². The van der Waals surface area contributed by atoms with Gasteiger partial charge in [0.1, 0.15) is 0 Å². The van der Waals surface area contributed by atoms with Gasteiger partial charge in [-0.3, -0.25) is 4.79 Å². The number of rotatable bonds is 4. The predicted molar refractivity (Wildman–Crippen MR) is 101 cm³/mol. The Bertz CT molecular complexity index is 881. The molecule has 0 bridgehead atoms. The minimum Gasteiger partial charge on any atom is -0.388 e. The van der Waals surface area contributed by atoms with Crippen LogP contribution in [0.3, 0.4) is 0 Å². The van der Waals surface area contributed by atoms with Crippen molar-refractivity contribution in [1.82, 2.24) is 5.32 Å². The molecule has 3 rings (SSSR count). The highest BCUT2D eigenvalue weighted by atomic mass is 16.1. The SMILES string of the molecule is CNc1ccc(C)c(C(=O)NC(C)c2cccc3ccccc23)c1. The van der Waals surface area contributed by atoms with Crippen LogP contribution in [0.5, 0.6) is 0 Å². The van der Waals surface area contributed by atoms with Gasteiger partial charge in [0.2, 0.25) is 0 Å². The van der Waals surface area contributed by atoms with Gasteiger partial charge in [-0.15, -0.1) is 0 Å². The highest BCUT2D eigenvalue weighted by molar-refractivity contribution is 5.97. The van der Waals surface area contributed by atoms with Crippen molar-refractivity contribution in [1.29, 1.82) is 0 Å². The molecule has 0 saturated heterocycles. The van der Waals surface area contributed by atoms with Gasteiger partial charge in [0, 0.05) is 18.3 Å². The number of carbonyl (C=O) groups excluding carboxylic acids is 1. The Morgan fingerprint density at radius 1 is 1.00 bits per heavy atom. The second-order valence-electron chi connectivity index (χ2n) is 6.04. The van der Waals surface area contributed by atoms with E-state index in [-0.39, 0.29) is 11.9 Å². The first-order valence-electron chi connectivity index (χ1n) is 8.17. The fourth-order valence-electron chi connectivity index (χ4n) is 3.00. The summed E-state index contributed by atoms with van der Waals surface area (Å²) in [4.78, 5) is 12.7. The second kappa shape index (κ2) is 6.75. The van der Waals surface area contributed by atoms with E-state index in [1.54, 1.807) is 0 Å². The second-order valence-corrected chi connectivity index (χ2v) is 6.04. The van der Waals surface area contributed by atoms with Crippen LogP contribution in [0.1, 0.15) is 34.5 Å². The first-order chi connectivity index (χ1) is 11.6. The number of anilines is 1. The minimum absolute atomic E-state index is 0.0509. The van der Waals surface area contributed by atoms with Gasteiger partial charge >= 0.3 is 0 Å². The molecule has 0 aliphatic rings. The minimum atomic E-state index is -0.0683. The van der Waals surface area contributed by atoms with E-state index >= 15 is 0 Å². The zero-order chi connectivity index (χ0) is 17.1. The van der Waals surface area contributed by atoms with Crippen molar-refractivity contribution in [3.63, 3.8) is 0 Å². The molecule has 0 radical (unpaired) electrons. The molecule has 3 heteroatoms. The summed E-state index contributed by atoms with van der Waals surface area (Å²) < 4.78 is 0. The molecule has 0 aromatic heterocycles. The summed E-state index contributed by atoms with van der Waals surface area (Å²) in [6, 6.07) is 20.2. The Morgan fingerprint density at radius 3 is 2.54 bits per heavy atom. The summed E-state index contributed by atoms with van der Waals surface area (Å²) in [6.45, 7) is 3.98. The molecule has 0 spiro atoms. The van der Waals surface area contributed by atoms with Crippen LogP contribution in [0.2, 0.25) is 0 Å². The predicted octanol–water partition coefficient (Wildman–Crippen LogP) is 4.68. The largest absolute Gasteiger partial charge is 0.388 e. The Morgan fingerprint density at radius 2 is 1.75 bits per heavy atom. The lowest BCUT2D eigenvalue weighted by atomic mass is 9.99. The van der Waals surface area contributed by atoms with Crippen molar-refractivity contribution < 1.29 is 4.79 Å². The van der Waals surface area contributed by atoms with Gasteiger partial charge in [0.05, 0.1) is 6.04 Å². The number of nitrogens with one attached hydrogen (secondary N) is 2. The molecule has 1 amide bonds. The highest BCUT2D eigenvalue weighted by Crippen LogP contribution is 2.24. The zero-order valence-electron chi connectivity index (χ0n) is 14.3. The fraction of sp³-hybridized carbons (Fsp3) is 0.190. The van der Waals surface area contributed by atoms with E-state index in [9.17, 15) is 4.79 Å². The van der Waals surface area contributed by atoms with Crippen molar-refractivity contribution >= 4 is 22.4 Å². The fourth-order valence-corrected chi connectivity index (χ4v) is 3.00. The molecule has 2 N–H and O–H groups in total. The van der Waals surface area contributed by atoms with Crippen LogP contribution >= 0.6 is 0 Å². The maximum Gasteiger partial charge on any atom is 0.252 e. The molecular formula is C21H22N2O. The average Bonchev–Trinajstić information content (AvgIpc) is 2.61. The standard InChI is InChI=1S/C21H22N2O/c1-14-11-12-17(22-3)13-20(14)21(24)23-15(2)18-10-6-8-16-7-4-5-9-19(16)18/h4-13,15,22H,1-3H3,(H,23,24). The monoisotopic (exact) mass is 318 g/mol. The van der Waals surface area contributed by atoms with Gasteiger partial charge in [-0.2, -0.15) is 0 Å². The molecule has 1 atom stereocenters. The zero-order valence-corrected chi connectivity index (χ0v) is 14.3. The summed E-state index contributed by atoms with van der Waals surface area (Å²) in [5.74, 6) is -0.0509. The van der Waals surface area contributed by atoms with Crippen LogP contribution in [0.25, 0.3) is 10.8 Å². The van der Waals surface area contributed by atoms with E-state index in [4.69, 9.17) is 0 Å². The van der Waals surface area contributed by atoms with E-state index < -0.39 is 0 Å². The van der Waals surface area contributed by atoms with Gasteiger partial charge in [-0.05, 0) is 47.9 Å². The molecule has 3 aromatic carbocycles. The number of carbonyl (C=O) groups is 1. The van der Waals surface area contributed by atoms with Crippen LogP contribution in [0.4, 0.5) is 5.69 Å². The number of hydrogen-bond donors (Lipinski definition) is 2. The van der Waals surface area contributed by atoms with Gasteiger partial charge in [0.15, 0.2) is 0 Å². The summed E-state index contributed by atoms with van der Waals surface area (Å²) in [5.41, 5.74) is 3.73. The quantitative estimate of drug-likeness (QED) is 0.733. The molecule has 0 heterocycles. The summed E-state index contributed by atoms with van der Waals surface area (Å²) >= 11 is 0. The van der Waals surface area contributed by atoms with Crippen molar-refractivity contribution in [2.75, 3.05) is 12.4 Å². The molecule has 0 fully saturated rings. The maximum atomic E-state index is 12.7. The number of hydrogen-bond acceptors (Lipinski definition) is 2. The van der Waals surface area contributed by atoms with Gasteiger partial charge in [-0.25, -0.2) is 0 Å². The van der Waals surface area contributed by atoms with Crippen molar-refractivity contribution in [2.24, 2.45) is 0 Å². The molecule has 0 aliphatic carbocycles. The van der Waals surface area contributed by atoms with Gasteiger partial charge < -0.3 is 10.6 Å². The maximum absolute atomic E-state index is 12.7. The lowest BCUT2D eigenvalue weighted by Crippen LogP contribution is -2.27. The van der Waals surface area contributed by atoms with Crippen molar-refractivity contribution in [2.45, 2.75) is 19.9 Å². The first kappa shape index (κ1) is 16.1. The first-order valence-corrected chi connectivity index (χ1v) is 8.17. The molecule has 0 aliphatic heterocycles. The third-order valence-corrected chi connectivity index (χ3v) is 4.41. The number of amides is 1. The lowest BCUT2D eigenvalue weighted by molar-refractivity contribution is 0.0939. The van der Waals surface area contributed by atoms with E-state index in [1.807, 2.05) is 57.3 Å². The third-order valence-electron chi connectivity index (χ3n) is 4.41. The van der Waals surface area contributed by atoms with E-state index in [2.05, 4.69) is 34.9 Å². The summed E-state index contributed by atoms with van der Waals surface area (Å²) in [5, 5.41) is 8.57. The van der Waals surface area contributed by atoms with Crippen LogP contribution < -0.4 is 10.6 Å². The van der Waals surface area contributed by atoms with Crippen LogP contribution in [-0.4, -0.2) is 13.0 Å². The van der Waals surface area contributed by atoms with Crippen LogP contribution in [0, 0.1) is 6.92 Å². The van der Waals surface area contributed by atoms with Gasteiger partial charge in [-0.1, -0.05) is 48.5 Å². The average molecular weight is 318 g/mol. The molecule has 122 valence electrons. The number of benzene rings is 3. The van der Waals surface area contributed by atoms with Crippen molar-refractivity contribution in [3.05, 3.63) is 77.4 Å². The van der Waals surface area contributed by atoms with Crippen molar-refractivity contribution in [3.8, 4) is 0 Å². The van der Waals surface area contributed by atoms with Crippen LogP contribution in [-0.2, 0) is 0 Å². The summed E-state index contributed by atoms with van der Waals surface area (Å²) in [7, 11) is 1.85. The van der Waals surface area contributed by atoms with Crippen LogP contribution in [0.15, 0.2) is 60.7 Å². The number of aryl methyl sites for hydroxylation is 1. The normalized spacial score (nSPS) is 12.0. The smallest absolute Gasteiger partial charge is 0.252 e. The summed E-state index contributed by atoms with van der Waals surface area (Å²) in [6.07, 6.45) is 0. The Hall–Kier alpha value is -2.81. The van der Waals surface area contributed by atoms with E-state index in [0.717, 1.165) is 16.8 Å². The third kappa shape index (κ3) is 3.11. The molecule has 24 heavy (non-hydrogen) atoms. The molecule has 3 aromatic rings. The Kier molecular flexibility index (Phi) is 4.52.